The van der Waals surface area contributed by atoms with Gasteiger partial charge in [-0.3, -0.25) is 14.4 Å². The van der Waals surface area contributed by atoms with Crippen LogP contribution in [0.2, 0.25) is 0 Å². The summed E-state index contributed by atoms with van der Waals surface area (Å²) in [5, 5.41) is 0. The second-order valence-electron chi connectivity index (χ2n) is 3.75. The van der Waals surface area contributed by atoms with E-state index in [1.165, 1.54) is 16.7 Å². The number of piperazine rings is 1. The molecule has 0 bridgehead atoms. The first-order valence-corrected chi connectivity index (χ1v) is 5.05. The molecule has 0 radical (unpaired) electrons. The molecular formula is C10H16N2O3. The van der Waals surface area contributed by atoms with Gasteiger partial charge in [-0.2, -0.15) is 0 Å². The SMILES string of the molecule is CCN1C(=O)CN(CC(C)=O)C(=O)C1C. The largest absolute Gasteiger partial charge is 0.330 e. The van der Waals surface area contributed by atoms with E-state index < -0.39 is 6.04 Å². The van der Waals surface area contributed by atoms with E-state index in [0.717, 1.165) is 0 Å². The molecule has 1 atom stereocenters. The van der Waals surface area contributed by atoms with Crippen LogP contribution < -0.4 is 0 Å². The zero-order chi connectivity index (χ0) is 11.6. The van der Waals surface area contributed by atoms with E-state index in [9.17, 15) is 14.4 Å². The van der Waals surface area contributed by atoms with Gasteiger partial charge in [-0.25, -0.2) is 0 Å². The Labute approximate surface area is 89.0 Å². The zero-order valence-electron chi connectivity index (χ0n) is 9.32. The summed E-state index contributed by atoms with van der Waals surface area (Å²) in [7, 11) is 0. The third-order valence-corrected chi connectivity index (χ3v) is 2.54. The minimum atomic E-state index is -0.449. The number of likely N-dealkylation sites (N-methyl/N-ethyl adjacent to an activating group) is 1. The Hall–Kier alpha value is -1.39. The minimum Gasteiger partial charge on any atom is -0.330 e. The highest BCUT2D eigenvalue weighted by molar-refractivity contribution is 5.96. The maximum absolute atomic E-state index is 11.8. The summed E-state index contributed by atoms with van der Waals surface area (Å²) in [5.74, 6) is -0.342. The van der Waals surface area contributed by atoms with Gasteiger partial charge in [0.2, 0.25) is 11.8 Å². The number of ketones is 1. The van der Waals surface area contributed by atoms with Crippen molar-refractivity contribution in [3.05, 3.63) is 0 Å². The molecule has 1 fully saturated rings. The summed E-state index contributed by atoms with van der Waals surface area (Å²) in [6.07, 6.45) is 0. The molecule has 15 heavy (non-hydrogen) atoms. The minimum absolute atomic E-state index is 0.0244. The number of hydrogen-bond acceptors (Lipinski definition) is 3. The van der Waals surface area contributed by atoms with Crippen LogP contribution in [0.15, 0.2) is 0 Å². The molecule has 0 saturated carbocycles. The van der Waals surface area contributed by atoms with Crippen molar-refractivity contribution in [1.82, 2.24) is 9.80 Å². The Morgan fingerprint density at radius 1 is 1.47 bits per heavy atom. The van der Waals surface area contributed by atoms with Crippen molar-refractivity contribution >= 4 is 17.6 Å². The fourth-order valence-electron chi connectivity index (χ4n) is 1.80. The fraction of sp³-hybridized carbons (Fsp3) is 0.700. The average Bonchev–Trinajstić information content (AvgIpc) is 2.14. The molecule has 5 heteroatoms. The van der Waals surface area contributed by atoms with Crippen molar-refractivity contribution in [2.75, 3.05) is 19.6 Å². The molecule has 2 amide bonds. The number of Topliss-reactive ketones (excluding diaryl/α,β-unsaturated/α-hetero) is 1. The average molecular weight is 212 g/mol. The molecule has 0 aliphatic carbocycles. The predicted molar refractivity (Wildman–Crippen MR) is 54.1 cm³/mol. The number of hydrogen-bond donors (Lipinski definition) is 0. The van der Waals surface area contributed by atoms with Gasteiger partial charge in [-0.15, -0.1) is 0 Å². The molecule has 0 N–H and O–H groups in total. The number of rotatable bonds is 3. The van der Waals surface area contributed by atoms with Crippen LogP contribution in [-0.4, -0.2) is 53.1 Å². The first-order valence-electron chi connectivity index (χ1n) is 5.05. The van der Waals surface area contributed by atoms with E-state index in [4.69, 9.17) is 0 Å². The van der Waals surface area contributed by atoms with E-state index in [1.807, 2.05) is 6.92 Å². The van der Waals surface area contributed by atoms with Crippen molar-refractivity contribution < 1.29 is 14.4 Å². The lowest BCUT2D eigenvalue weighted by Gasteiger charge is -2.37. The lowest BCUT2D eigenvalue weighted by atomic mass is 10.1. The monoisotopic (exact) mass is 212 g/mol. The van der Waals surface area contributed by atoms with Crippen molar-refractivity contribution in [2.24, 2.45) is 0 Å². The summed E-state index contributed by atoms with van der Waals surface area (Å²) in [5.41, 5.74) is 0. The highest BCUT2D eigenvalue weighted by atomic mass is 16.2. The van der Waals surface area contributed by atoms with Crippen molar-refractivity contribution in [2.45, 2.75) is 26.8 Å². The Morgan fingerprint density at radius 3 is 2.53 bits per heavy atom. The van der Waals surface area contributed by atoms with Crippen LogP contribution in [-0.2, 0) is 14.4 Å². The molecule has 1 unspecified atom stereocenters. The molecule has 5 nitrogen and oxygen atoms in total. The normalized spacial score (nSPS) is 22.2. The molecule has 1 rings (SSSR count). The van der Waals surface area contributed by atoms with Gasteiger partial charge < -0.3 is 9.80 Å². The third-order valence-electron chi connectivity index (χ3n) is 2.54. The van der Waals surface area contributed by atoms with Gasteiger partial charge in [0.1, 0.15) is 18.4 Å². The number of carbonyl (C=O) groups is 3. The number of carbonyl (C=O) groups excluding carboxylic acids is 3. The van der Waals surface area contributed by atoms with Crippen molar-refractivity contribution in [3.63, 3.8) is 0 Å². The molecule has 1 aliphatic rings. The Balaban J connectivity index is 2.77. The quantitative estimate of drug-likeness (QED) is 0.642. The molecule has 1 aliphatic heterocycles. The summed E-state index contributed by atoms with van der Waals surface area (Å²) >= 11 is 0. The van der Waals surface area contributed by atoms with Crippen molar-refractivity contribution in [3.8, 4) is 0 Å². The van der Waals surface area contributed by atoms with Crippen LogP contribution in [0.3, 0.4) is 0 Å². The van der Waals surface area contributed by atoms with Crippen LogP contribution in [0.25, 0.3) is 0 Å². The highest BCUT2D eigenvalue weighted by Crippen LogP contribution is 2.11. The van der Waals surface area contributed by atoms with Gasteiger partial charge in [-0.05, 0) is 20.8 Å². The molecule has 0 spiro atoms. The first-order chi connectivity index (χ1) is 6.97. The molecule has 1 saturated heterocycles. The van der Waals surface area contributed by atoms with Gasteiger partial charge in [0.25, 0.3) is 0 Å². The van der Waals surface area contributed by atoms with Gasteiger partial charge in [-0.1, -0.05) is 0 Å². The third kappa shape index (κ3) is 2.34. The number of amides is 2. The molecule has 84 valence electrons. The Morgan fingerprint density at radius 2 is 2.07 bits per heavy atom. The Bertz CT molecular complexity index is 301. The van der Waals surface area contributed by atoms with Gasteiger partial charge >= 0.3 is 0 Å². The molecular weight excluding hydrogens is 196 g/mol. The molecule has 1 heterocycles. The molecule has 0 aromatic heterocycles. The molecule has 0 aromatic carbocycles. The summed E-state index contributed by atoms with van der Waals surface area (Å²) in [6.45, 7) is 5.52. The van der Waals surface area contributed by atoms with E-state index in [-0.39, 0.29) is 30.7 Å². The van der Waals surface area contributed by atoms with E-state index in [1.54, 1.807) is 6.92 Å². The van der Waals surface area contributed by atoms with Crippen LogP contribution in [0.4, 0.5) is 0 Å². The van der Waals surface area contributed by atoms with Crippen molar-refractivity contribution in [1.29, 1.82) is 0 Å². The van der Waals surface area contributed by atoms with E-state index in [0.29, 0.717) is 6.54 Å². The van der Waals surface area contributed by atoms with E-state index >= 15 is 0 Å². The maximum Gasteiger partial charge on any atom is 0.245 e. The maximum atomic E-state index is 11.8. The van der Waals surface area contributed by atoms with Crippen LogP contribution in [0, 0.1) is 0 Å². The fourth-order valence-corrected chi connectivity index (χ4v) is 1.80. The lowest BCUT2D eigenvalue weighted by Crippen LogP contribution is -2.59. The smallest absolute Gasteiger partial charge is 0.245 e. The lowest BCUT2D eigenvalue weighted by molar-refractivity contribution is -0.155. The van der Waals surface area contributed by atoms with Gasteiger partial charge in [0.05, 0.1) is 6.54 Å². The van der Waals surface area contributed by atoms with Crippen LogP contribution >= 0.6 is 0 Å². The first kappa shape index (κ1) is 11.7. The van der Waals surface area contributed by atoms with Gasteiger partial charge in [0.15, 0.2) is 0 Å². The predicted octanol–water partition coefficient (Wildman–Crippen LogP) is -0.345. The second-order valence-corrected chi connectivity index (χ2v) is 3.75. The Kier molecular flexibility index (Phi) is 3.44. The number of nitrogens with zero attached hydrogens (tertiary/aromatic N) is 2. The topological polar surface area (TPSA) is 57.7 Å². The zero-order valence-corrected chi connectivity index (χ0v) is 9.32. The van der Waals surface area contributed by atoms with E-state index in [2.05, 4.69) is 0 Å². The standard InChI is InChI=1S/C10H16N2O3/c1-4-12-8(3)10(15)11(5-7(2)13)6-9(12)14/h8H,4-6H2,1-3H3. The summed E-state index contributed by atoms with van der Waals surface area (Å²) < 4.78 is 0. The van der Waals surface area contributed by atoms with Gasteiger partial charge in [0, 0.05) is 6.54 Å². The summed E-state index contributed by atoms with van der Waals surface area (Å²) in [4.78, 5) is 37.1. The van der Waals surface area contributed by atoms with Crippen LogP contribution in [0.1, 0.15) is 20.8 Å². The summed E-state index contributed by atoms with van der Waals surface area (Å²) in [6, 6.07) is -0.449. The van der Waals surface area contributed by atoms with Crippen LogP contribution in [0.5, 0.6) is 0 Å². The molecule has 0 aromatic rings. The second kappa shape index (κ2) is 4.42. The highest BCUT2D eigenvalue weighted by Gasteiger charge is 2.35.